The number of aliphatic hydroxyl groups excluding tert-OH is 1. The van der Waals surface area contributed by atoms with Gasteiger partial charge >= 0.3 is 0 Å². The first-order valence-electron chi connectivity index (χ1n) is 10.7. The molecule has 132 valence electrons. The number of aliphatic hydroxyl groups is 1. The van der Waals surface area contributed by atoms with Crippen LogP contribution in [0.25, 0.3) is 0 Å². The molecule has 1 N–H and O–H groups in total. The molecule has 4 aliphatic rings. The highest BCUT2D eigenvalue weighted by molar-refractivity contribution is 5.11. The van der Waals surface area contributed by atoms with Gasteiger partial charge < -0.3 is 5.11 Å². The van der Waals surface area contributed by atoms with Gasteiger partial charge in [-0.05, 0) is 85.4 Å². The van der Waals surface area contributed by atoms with Crippen molar-refractivity contribution >= 4 is 0 Å². The molecule has 0 saturated heterocycles. The minimum atomic E-state index is -0.0235. The van der Waals surface area contributed by atoms with Crippen LogP contribution in [0.3, 0.4) is 0 Å². The van der Waals surface area contributed by atoms with Crippen LogP contribution in [-0.4, -0.2) is 11.2 Å². The molecule has 0 spiro atoms. The van der Waals surface area contributed by atoms with Gasteiger partial charge in [0.2, 0.25) is 0 Å². The summed E-state index contributed by atoms with van der Waals surface area (Å²) < 4.78 is 0. The Bertz CT molecular complexity index is 445. The monoisotopic (exact) mass is 318 g/mol. The van der Waals surface area contributed by atoms with E-state index in [1.807, 2.05) is 0 Å². The lowest BCUT2D eigenvalue weighted by Crippen LogP contribution is -2.58. The molecule has 1 heteroatoms. The van der Waals surface area contributed by atoms with Crippen molar-refractivity contribution in [2.45, 2.75) is 97.5 Å². The maximum atomic E-state index is 11.3. The molecule has 0 amide bonds. The summed E-state index contributed by atoms with van der Waals surface area (Å²) >= 11 is 0. The van der Waals surface area contributed by atoms with Crippen molar-refractivity contribution in [3.8, 4) is 0 Å². The minimum absolute atomic E-state index is 0.0235. The van der Waals surface area contributed by atoms with Crippen molar-refractivity contribution in [3.05, 3.63) is 0 Å². The third-order valence-electron chi connectivity index (χ3n) is 9.35. The van der Waals surface area contributed by atoms with Gasteiger partial charge in [0.15, 0.2) is 0 Å². The molecule has 1 nitrogen and oxygen atoms in total. The van der Waals surface area contributed by atoms with Crippen LogP contribution in [0.15, 0.2) is 0 Å². The van der Waals surface area contributed by atoms with Crippen LogP contribution in [0, 0.1) is 40.4 Å². The molecule has 8 unspecified atom stereocenters. The maximum absolute atomic E-state index is 11.3. The van der Waals surface area contributed by atoms with Crippen LogP contribution in [-0.2, 0) is 0 Å². The first-order chi connectivity index (χ1) is 11.0. The second-order valence-electron chi connectivity index (χ2n) is 10.2. The molecule has 0 aliphatic heterocycles. The summed E-state index contributed by atoms with van der Waals surface area (Å²) in [5.74, 6) is 4.13. The number of hydrogen-bond donors (Lipinski definition) is 1. The quantitative estimate of drug-likeness (QED) is 0.681. The summed E-state index contributed by atoms with van der Waals surface area (Å²) in [6.45, 7) is 7.46. The van der Waals surface area contributed by atoms with E-state index in [1.165, 1.54) is 64.2 Å². The van der Waals surface area contributed by atoms with Gasteiger partial charge in [-0.1, -0.05) is 46.5 Å². The lowest BCUT2D eigenvalue weighted by Gasteiger charge is -2.62. The summed E-state index contributed by atoms with van der Waals surface area (Å²) in [4.78, 5) is 0. The average molecular weight is 319 g/mol. The molecular formula is C22H38O. The Balaban J connectivity index is 1.65. The molecule has 4 rings (SSSR count). The first-order valence-corrected chi connectivity index (χ1v) is 10.7. The molecular weight excluding hydrogens is 280 g/mol. The van der Waals surface area contributed by atoms with E-state index in [9.17, 15) is 5.11 Å². The van der Waals surface area contributed by atoms with E-state index in [4.69, 9.17) is 0 Å². The van der Waals surface area contributed by atoms with E-state index in [-0.39, 0.29) is 6.10 Å². The van der Waals surface area contributed by atoms with Crippen molar-refractivity contribution in [2.75, 3.05) is 0 Å². The lowest BCUT2D eigenvalue weighted by molar-refractivity contribution is -0.169. The predicted molar refractivity (Wildman–Crippen MR) is 96.1 cm³/mol. The van der Waals surface area contributed by atoms with Crippen LogP contribution in [0.1, 0.15) is 91.4 Å². The molecule has 4 aliphatic carbocycles. The fourth-order valence-corrected chi connectivity index (χ4v) is 8.35. The number of fused-ring (bicyclic) bond motifs is 5. The molecule has 0 aromatic carbocycles. The smallest absolute Gasteiger partial charge is 0.0581 e. The van der Waals surface area contributed by atoms with Crippen LogP contribution in [0.2, 0.25) is 0 Å². The summed E-state index contributed by atoms with van der Waals surface area (Å²) in [5.41, 5.74) is 0.888. The van der Waals surface area contributed by atoms with E-state index in [2.05, 4.69) is 20.8 Å². The zero-order valence-electron chi connectivity index (χ0n) is 15.7. The largest absolute Gasteiger partial charge is 0.393 e. The average Bonchev–Trinajstić information content (AvgIpc) is 2.83. The normalized spacial score (nSPS) is 55.8. The third kappa shape index (κ3) is 2.28. The lowest BCUT2D eigenvalue weighted by atomic mass is 9.44. The zero-order valence-corrected chi connectivity index (χ0v) is 15.7. The van der Waals surface area contributed by atoms with E-state index in [0.717, 1.165) is 30.1 Å². The molecule has 0 aromatic rings. The van der Waals surface area contributed by atoms with Crippen molar-refractivity contribution in [1.29, 1.82) is 0 Å². The number of rotatable bonds is 2. The Kier molecular flexibility index (Phi) is 4.11. The fourth-order valence-electron chi connectivity index (χ4n) is 8.35. The van der Waals surface area contributed by atoms with Crippen molar-refractivity contribution < 1.29 is 5.11 Å². The predicted octanol–water partition coefficient (Wildman–Crippen LogP) is 5.81. The summed E-state index contributed by atoms with van der Waals surface area (Å²) in [6.07, 6.45) is 15.2. The zero-order chi connectivity index (χ0) is 16.2. The van der Waals surface area contributed by atoms with Crippen molar-refractivity contribution in [1.82, 2.24) is 0 Å². The SMILES string of the molecule is CCCC1CCC2C3CCC4CCCCC4(C)C3C(O)CC12C. The Morgan fingerprint density at radius 3 is 2.57 bits per heavy atom. The van der Waals surface area contributed by atoms with Gasteiger partial charge in [0.05, 0.1) is 6.10 Å². The van der Waals surface area contributed by atoms with E-state index in [1.54, 1.807) is 0 Å². The van der Waals surface area contributed by atoms with Gasteiger partial charge in [-0.15, -0.1) is 0 Å². The van der Waals surface area contributed by atoms with Crippen LogP contribution < -0.4 is 0 Å². The standard InChI is InChI=1S/C22H38O/c1-4-7-15-10-12-18-17-11-9-16-8-5-6-13-21(16,2)20(17)19(23)14-22(15,18)3/h15-20,23H,4-14H2,1-3H3. The molecule has 0 aromatic heterocycles. The van der Waals surface area contributed by atoms with E-state index >= 15 is 0 Å². The Hall–Kier alpha value is -0.0400. The van der Waals surface area contributed by atoms with Crippen molar-refractivity contribution in [2.24, 2.45) is 40.4 Å². The molecule has 8 atom stereocenters. The molecule has 0 heterocycles. The Labute approximate surface area is 143 Å². The molecule has 0 radical (unpaired) electrons. The van der Waals surface area contributed by atoms with E-state index in [0.29, 0.717) is 16.7 Å². The molecule has 4 fully saturated rings. The van der Waals surface area contributed by atoms with Gasteiger partial charge in [0.1, 0.15) is 0 Å². The highest BCUT2D eigenvalue weighted by Crippen LogP contribution is 2.67. The molecule has 4 saturated carbocycles. The first kappa shape index (κ1) is 16.4. The van der Waals surface area contributed by atoms with Gasteiger partial charge in [0, 0.05) is 0 Å². The van der Waals surface area contributed by atoms with Crippen LogP contribution in [0.4, 0.5) is 0 Å². The van der Waals surface area contributed by atoms with Gasteiger partial charge in [0.25, 0.3) is 0 Å². The third-order valence-corrected chi connectivity index (χ3v) is 9.35. The molecule has 0 bridgehead atoms. The van der Waals surface area contributed by atoms with Crippen molar-refractivity contribution in [3.63, 3.8) is 0 Å². The van der Waals surface area contributed by atoms with Gasteiger partial charge in [-0.25, -0.2) is 0 Å². The highest BCUT2D eigenvalue weighted by atomic mass is 16.3. The second kappa shape index (κ2) is 5.75. The second-order valence-corrected chi connectivity index (χ2v) is 10.2. The Morgan fingerprint density at radius 1 is 0.957 bits per heavy atom. The van der Waals surface area contributed by atoms with E-state index < -0.39 is 0 Å². The van der Waals surface area contributed by atoms with Gasteiger partial charge in [-0.3, -0.25) is 0 Å². The Morgan fingerprint density at radius 2 is 1.78 bits per heavy atom. The minimum Gasteiger partial charge on any atom is -0.393 e. The van der Waals surface area contributed by atoms with Crippen LogP contribution in [0.5, 0.6) is 0 Å². The van der Waals surface area contributed by atoms with Gasteiger partial charge in [-0.2, -0.15) is 0 Å². The maximum Gasteiger partial charge on any atom is 0.0581 e. The highest BCUT2D eigenvalue weighted by Gasteiger charge is 2.62. The number of hydrogen-bond acceptors (Lipinski definition) is 1. The summed E-state index contributed by atoms with van der Waals surface area (Å²) in [7, 11) is 0. The summed E-state index contributed by atoms with van der Waals surface area (Å²) in [5, 5.41) is 11.3. The topological polar surface area (TPSA) is 20.2 Å². The molecule has 23 heavy (non-hydrogen) atoms. The summed E-state index contributed by atoms with van der Waals surface area (Å²) in [6, 6.07) is 0. The fraction of sp³-hybridized carbons (Fsp3) is 1.00. The van der Waals surface area contributed by atoms with Crippen LogP contribution >= 0.6 is 0 Å².